The molecular formula is C15H10N2O4S. The van der Waals surface area contributed by atoms with Crippen molar-refractivity contribution in [2.75, 3.05) is 0 Å². The van der Waals surface area contributed by atoms with E-state index in [-0.39, 0.29) is 17.3 Å². The van der Waals surface area contributed by atoms with Crippen LogP contribution in [0.3, 0.4) is 0 Å². The lowest BCUT2D eigenvalue weighted by Gasteiger charge is -1.96. The topological polar surface area (TPSA) is 81.8 Å². The number of carbonyl (C=O) groups excluding carboxylic acids is 1. The molecule has 0 N–H and O–H groups in total. The number of esters is 1. The Hall–Kier alpha value is -2.80. The van der Waals surface area contributed by atoms with Crippen molar-refractivity contribution in [3.05, 3.63) is 67.5 Å². The van der Waals surface area contributed by atoms with Crippen molar-refractivity contribution in [2.24, 2.45) is 4.99 Å². The van der Waals surface area contributed by atoms with E-state index in [2.05, 4.69) is 4.99 Å². The largest absolute Gasteiger partial charge is 0.401 e. The number of rotatable bonds is 3. The van der Waals surface area contributed by atoms with Gasteiger partial charge in [0, 0.05) is 10.9 Å². The number of ether oxygens (including phenoxy) is 1. The second-order valence-electron chi connectivity index (χ2n) is 4.56. The minimum atomic E-state index is -0.612. The summed E-state index contributed by atoms with van der Waals surface area (Å²) < 4.78 is 5.13. The van der Waals surface area contributed by atoms with E-state index in [1.165, 1.54) is 23.5 Å². The van der Waals surface area contributed by atoms with Gasteiger partial charge >= 0.3 is 5.97 Å². The number of aryl methyl sites for hydroxylation is 1. The molecule has 0 aliphatic carbocycles. The average Bonchev–Trinajstić information content (AvgIpc) is 3.06. The Labute approximate surface area is 129 Å². The maximum Gasteiger partial charge on any atom is 0.363 e. The van der Waals surface area contributed by atoms with Gasteiger partial charge in [-0.25, -0.2) is 9.79 Å². The first-order valence-electron chi connectivity index (χ1n) is 6.37. The van der Waals surface area contributed by atoms with Gasteiger partial charge in [0.15, 0.2) is 5.70 Å². The summed E-state index contributed by atoms with van der Waals surface area (Å²) in [6.07, 6.45) is 1.37. The van der Waals surface area contributed by atoms with E-state index < -0.39 is 10.9 Å². The quantitative estimate of drug-likeness (QED) is 0.377. The standard InChI is InChI=1S/C15H10N2O4S/c1-9-6-7-13(22-9)14-16-11(15(18)21-14)8-10-4-2-3-5-12(10)17(19)20/h2-8H,1H3/b11-8+. The van der Waals surface area contributed by atoms with Crippen LogP contribution in [0.2, 0.25) is 0 Å². The van der Waals surface area contributed by atoms with Crippen LogP contribution in [0.15, 0.2) is 47.1 Å². The van der Waals surface area contributed by atoms with Gasteiger partial charge in [-0.2, -0.15) is 0 Å². The molecule has 2 aromatic rings. The molecule has 0 saturated carbocycles. The summed E-state index contributed by atoms with van der Waals surface area (Å²) in [7, 11) is 0. The van der Waals surface area contributed by atoms with Crippen LogP contribution in [0.1, 0.15) is 15.3 Å². The molecule has 1 aliphatic heterocycles. The number of cyclic esters (lactones) is 1. The molecule has 1 aromatic carbocycles. The molecule has 22 heavy (non-hydrogen) atoms. The van der Waals surface area contributed by atoms with Gasteiger partial charge < -0.3 is 4.74 Å². The zero-order chi connectivity index (χ0) is 15.7. The fourth-order valence-corrected chi connectivity index (χ4v) is 2.78. The normalized spacial score (nSPS) is 15.8. The lowest BCUT2D eigenvalue weighted by Crippen LogP contribution is -2.03. The Balaban J connectivity index is 2.00. The molecule has 1 aliphatic rings. The number of carbonyl (C=O) groups is 1. The van der Waals surface area contributed by atoms with Gasteiger partial charge in [0.05, 0.1) is 15.4 Å². The second kappa shape index (κ2) is 5.53. The predicted octanol–water partition coefficient (Wildman–Crippen LogP) is 3.31. The van der Waals surface area contributed by atoms with E-state index in [0.29, 0.717) is 5.56 Å². The zero-order valence-corrected chi connectivity index (χ0v) is 12.3. The maximum atomic E-state index is 11.9. The fraction of sp³-hybridized carbons (Fsp3) is 0.0667. The molecule has 0 amide bonds. The molecule has 2 heterocycles. The SMILES string of the molecule is Cc1ccc(C2=N/C(=C/c3ccccc3[N+](=O)[O-])C(=O)O2)s1. The molecule has 0 atom stereocenters. The summed E-state index contributed by atoms with van der Waals surface area (Å²) in [5.41, 5.74) is 0.278. The van der Waals surface area contributed by atoms with Crippen molar-refractivity contribution < 1.29 is 14.5 Å². The highest BCUT2D eigenvalue weighted by molar-refractivity contribution is 7.14. The molecule has 7 heteroatoms. The van der Waals surface area contributed by atoms with Crippen molar-refractivity contribution >= 4 is 35.0 Å². The van der Waals surface area contributed by atoms with Gasteiger partial charge in [-0.05, 0) is 31.2 Å². The molecule has 0 saturated heterocycles. The van der Waals surface area contributed by atoms with Crippen molar-refractivity contribution in [2.45, 2.75) is 6.92 Å². The van der Waals surface area contributed by atoms with Crippen LogP contribution in [0, 0.1) is 17.0 Å². The lowest BCUT2D eigenvalue weighted by atomic mass is 10.1. The summed E-state index contributed by atoms with van der Waals surface area (Å²) >= 11 is 1.46. The van der Waals surface area contributed by atoms with E-state index in [0.717, 1.165) is 9.75 Å². The molecule has 3 rings (SSSR count). The molecule has 6 nitrogen and oxygen atoms in total. The first-order chi connectivity index (χ1) is 10.5. The predicted molar refractivity (Wildman–Crippen MR) is 82.8 cm³/mol. The number of nitrogens with zero attached hydrogens (tertiary/aromatic N) is 2. The number of benzene rings is 1. The smallest absolute Gasteiger partial charge is 0.363 e. The highest BCUT2D eigenvalue weighted by atomic mass is 32.1. The van der Waals surface area contributed by atoms with Crippen LogP contribution in [-0.4, -0.2) is 16.8 Å². The van der Waals surface area contributed by atoms with E-state index in [4.69, 9.17) is 4.74 Å². The Morgan fingerprint density at radius 2 is 2.05 bits per heavy atom. The van der Waals surface area contributed by atoms with Crippen LogP contribution in [-0.2, 0) is 9.53 Å². The molecule has 1 aromatic heterocycles. The third-order valence-electron chi connectivity index (χ3n) is 3.00. The Bertz CT molecular complexity index is 836. The van der Waals surface area contributed by atoms with Crippen LogP contribution >= 0.6 is 11.3 Å². The van der Waals surface area contributed by atoms with E-state index in [1.807, 2.05) is 19.1 Å². The average molecular weight is 314 g/mol. The summed E-state index contributed by atoms with van der Waals surface area (Å²) in [6.45, 7) is 1.94. The zero-order valence-electron chi connectivity index (χ0n) is 11.5. The van der Waals surface area contributed by atoms with Gasteiger partial charge in [0.25, 0.3) is 5.69 Å². The summed E-state index contributed by atoms with van der Waals surface area (Å²) in [5.74, 6) is -0.382. The lowest BCUT2D eigenvalue weighted by molar-refractivity contribution is -0.385. The number of nitro benzene ring substituents is 1. The number of nitro groups is 1. The van der Waals surface area contributed by atoms with E-state index in [1.54, 1.807) is 18.2 Å². The molecule has 0 radical (unpaired) electrons. The van der Waals surface area contributed by atoms with E-state index in [9.17, 15) is 14.9 Å². The molecular weight excluding hydrogens is 304 g/mol. The van der Waals surface area contributed by atoms with Gasteiger partial charge in [-0.1, -0.05) is 12.1 Å². The number of aliphatic imine (C=N–C) groups is 1. The monoisotopic (exact) mass is 314 g/mol. The van der Waals surface area contributed by atoms with Crippen LogP contribution in [0.25, 0.3) is 6.08 Å². The minimum absolute atomic E-state index is 0.0513. The number of hydrogen-bond donors (Lipinski definition) is 0. The van der Waals surface area contributed by atoms with Gasteiger partial charge in [0.2, 0.25) is 5.90 Å². The van der Waals surface area contributed by atoms with Gasteiger partial charge in [0.1, 0.15) is 0 Å². The first-order valence-corrected chi connectivity index (χ1v) is 7.19. The molecule has 110 valence electrons. The van der Waals surface area contributed by atoms with Crippen molar-refractivity contribution in [1.29, 1.82) is 0 Å². The summed E-state index contributed by atoms with van der Waals surface area (Å²) in [4.78, 5) is 28.3. The number of para-hydroxylation sites is 1. The first kappa shape index (κ1) is 14.2. The van der Waals surface area contributed by atoms with Crippen molar-refractivity contribution in [1.82, 2.24) is 0 Å². The third kappa shape index (κ3) is 2.66. The fourth-order valence-electron chi connectivity index (χ4n) is 1.99. The van der Waals surface area contributed by atoms with Crippen LogP contribution in [0.4, 0.5) is 5.69 Å². The highest BCUT2D eigenvalue weighted by Crippen LogP contribution is 2.26. The Morgan fingerprint density at radius 3 is 2.73 bits per heavy atom. The Kier molecular flexibility index (Phi) is 3.56. The molecule has 0 spiro atoms. The summed E-state index contributed by atoms with van der Waals surface area (Å²) in [5, 5.41) is 11.0. The van der Waals surface area contributed by atoms with Gasteiger partial charge in [-0.3, -0.25) is 10.1 Å². The number of hydrogen-bond acceptors (Lipinski definition) is 6. The van der Waals surface area contributed by atoms with Gasteiger partial charge in [-0.15, -0.1) is 11.3 Å². The van der Waals surface area contributed by atoms with Crippen molar-refractivity contribution in [3.8, 4) is 0 Å². The van der Waals surface area contributed by atoms with Crippen LogP contribution in [0.5, 0.6) is 0 Å². The van der Waals surface area contributed by atoms with Crippen molar-refractivity contribution in [3.63, 3.8) is 0 Å². The number of thiophene rings is 1. The second-order valence-corrected chi connectivity index (χ2v) is 5.85. The Morgan fingerprint density at radius 1 is 1.27 bits per heavy atom. The molecule has 0 fully saturated rings. The molecule has 0 bridgehead atoms. The summed E-state index contributed by atoms with van der Waals surface area (Å²) in [6, 6.07) is 9.88. The molecule has 0 unspecified atom stereocenters. The third-order valence-corrected chi connectivity index (χ3v) is 3.99. The maximum absolute atomic E-state index is 11.9. The van der Waals surface area contributed by atoms with Crippen LogP contribution < -0.4 is 0 Å². The minimum Gasteiger partial charge on any atom is -0.401 e. The van der Waals surface area contributed by atoms with E-state index >= 15 is 0 Å². The highest BCUT2D eigenvalue weighted by Gasteiger charge is 2.26.